The molecule has 1 aliphatic rings. The summed E-state index contributed by atoms with van der Waals surface area (Å²) in [6.45, 7) is 12.7. The van der Waals surface area contributed by atoms with Gasteiger partial charge in [0.25, 0.3) is 0 Å². The first-order valence-electron chi connectivity index (χ1n) is 10.0. The van der Waals surface area contributed by atoms with Gasteiger partial charge in [-0.1, -0.05) is 0 Å². The standard InChI is InChI=1S/C21H31N5O3/c1-15-14-23-16-6-7-17(28-5)24-18(16)19(15)26-12-10-25(11-13-26)9-8-22-20(27)29-21(2,3)4/h6-7,14H,8-13H2,1-5H3,(H,22,27). The number of piperazine rings is 1. The minimum Gasteiger partial charge on any atom is -0.481 e. The van der Waals surface area contributed by atoms with Crippen LogP contribution in [0.15, 0.2) is 18.3 Å². The number of nitrogens with one attached hydrogen (secondary N) is 1. The lowest BCUT2D eigenvalue weighted by Crippen LogP contribution is -2.49. The number of hydrogen-bond donors (Lipinski definition) is 1. The predicted octanol–water partition coefficient (Wildman–Crippen LogP) is 2.59. The average Bonchev–Trinajstić information content (AvgIpc) is 2.67. The Hall–Kier alpha value is -2.61. The fraction of sp³-hybridized carbons (Fsp3) is 0.571. The maximum Gasteiger partial charge on any atom is 0.407 e. The zero-order valence-electron chi connectivity index (χ0n) is 18.0. The quantitative estimate of drug-likeness (QED) is 0.825. The molecule has 3 heterocycles. The SMILES string of the molecule is COc1ccc2ncc(C)c(N3CCN(CCNC(=O)OC(C)(C)C)CC3)c2n1. The average molecular weight is 402 g/mol. The van der Waals surface area contributed by atoms with Gasteiger partial charge in [-0.2, -0.15) is 0 Å². The Bertz CT molecular complexity index is 857. The number of hydrogen-bond acceptors (Lipinski definition) is 7. The van der Waals surface area contributed by atoms with Gasteiger partial charge in [0.2, 0.25) is 5.88 Å². The van der Waals surface area contributed by atoms with Gasteiger partial charge in [0.15, 0.2) is 0 Å². The van der Waals surface area contributed by atoms with E-state index in [1.54, 1.807) is 7.11 Å². The van der Waals surface area contributed by atoms with Crippen molar-refractivity contribution in [3.63, 3.8) is 0 Å². The molecule has 1 N–H and O–H groups in total. The van der Waals surface area contributed by atoms with Crippen LogP contribution in [0.2, 0.25) is 0 Å². The highest BCUT2D eigenvalue weighted by atomic mass is 16.6. The van der Waals surface area contributed by atoms with E-state index < -0.39 is 5.60 Å². The number of carbonyl (C=O) groups excluding carboxylic acids is 1. The van der Waals surface area contributed by atoms with Crippen molar-refractivity contribution in [3.05, 3.63) is 23.9 Å². The van der Waals surface area contributed by atoms with E-state index in [0.29, 0.717) is 12.4 Å². The van der Waals surface area contributed by atoms with E-state index in [2.05, 4.69) is 32.0 Å². The monoisotopic (exact) mass is 401 g/mol. The Balaban J connectivity index is 1.58. The maximum atomic E-state index is 11.8. The van der Waals surface area contributed by atoms with Gasteiger partial charge in [0.1, 0.15) is 11.1 Å². The largest absolute Gasteiger partial charge is 0.481 e. The van der Waals surface area contributed by atoms with Crippen LogP contribution in [0.25, 0.3) is 11.0 Å². The fourth-order valence-electron chi connectivity index (χ4n) is 3.46. The van der Waals surface area contributed by atoms with Gasteiger partial charge in [-0.3, -0.25) is 9.88 Å². The van der Waals surface area contributed by atoms with E-state index in [0.717, 1.165) is 55.0 Å². The number of anilines is 1. The molecular formula is C21H31N5O3. The second kappa shape index (κ2) is 8.82. The summed E-state index contributed by atoms with van der Waals surface area (Å²) in [7, 11) is 1.63. The number of aryl methyl sites for hydroxylation is 1. The second-order valence-electron chi connectivity index (χ2n) is 8.27. The topological polar surface area (TPSA) is 79.8 Å². The number of carbonyl (C=O) groups is 1. The zero-order chi connectivity index (χ0) is 21.0. The molecule has 0 saturated carbocycles. The number of amides is 1. The molecule has 0 atom stereocenters. The van der Waals surface area contributed by atoms with Gasteiger partial charge in [-0.15, -0.1) is 0 Å². The lowest BCUT2D eigenvalue weighted by Gasteiger charge is -2.37. The van der Waals surface area contributed by atoms with Crippen molar-refractivity contribution in [2.45, 2.75) is 33.3 Å². The molecule has 158 valence electrons. The molecule has 0 aromatic carbocycles. The van der Waals surface area contributed by atoms with Crippen molar-refractivity contribution in [1.82, 2.24) is 20.2 Å². The minimum atomic E-state index is -0.475. The van der Waals surface area contributed by atoms with E-state index in [-0.39, 0.29) is 6.09 Å². The van der Waals surface area contributed by atoms with Crippen LogP contribution in [-0.4, -0.2) is 72.9 Å². The van der Waals surface area contributed by atoms with Crippen LogP contribution in [0.3, 0.4) is 0 Å². The first kappa shape index (κ1) is 21.1. The highest BCUT2D eigenvalue weighted by molar-refractivity contribution is 5.90. The van der Waals surface area contributed by atoms with E-state index >= 15 is 0 Å². The molecule has 2 aromatic heterocycles. The Morgan fingerprint density at radius 1 is 1.21 bits per heavy atom. The molecule has 1 saturated heterocycles. The first-order chi connectivity index (χ1) is 13.8. The Morgan fingerprint density at radius 3 is 2.59 bits per heavy atom. The number of fused-ring (bicyclic) bond motifs is 1. The molecule has 2 aromatic rings. The normalized spacial score (nSPS) is 15.4. The molecule has 1 amide bonds. The van der Waals surface area contributed by atoms with Gasteiger partial charge in [-0.05, 0) is 39.3 Å². The highest BCUT2D eigenvalue weighted by Gasteiger charge is 2.22. The summed E-state index contributed by atoms with van der Waals surface area (Å²) in [4.78, 5) is 25.6. The van der Waals surface area contributed by atoms with Crippen molar-refractivity contribution in [2.24, 2.45) is 0 Å². The number of ether oxygens (including phenoxy) is 2. The van der Waals surface area contributed by atoms with E-state index in [1.807, 2.05) is 39.1 Å². The molecule has 29 heavy (non-hydrogen) atoms. The molecule has 8 nitrogen and oxygen atoms in total. The summed E-state index contributed by atoms with van der Waals surface area (Å²) in [5, 5.41) is 2.83. The number of aromatic nitrogens is 2. The molecule has 0 radical (unpaired) electrons. The Morgan fingerprint density at radius 2 is 1.93 bits per heavy atom. The number of nitrogens with zero attached hydrogens (tertiary/aromatic N) is 4. The Labute approximate surface area is 172 Å². The zero-order valence-corrected chi connectivity index (χ0v) is 18.0. The lowest BCUT2D eigenvalue weighted by atomic mass is 10.1. The third kappa shape index (κ3) is 5.47. The molecule has 0 spiro atoms. The number of methoxy groups -OCH3 is 1. The molecule has 3 rings (SSSR count). The molecule has 1 fully saturated rings. The van der Waals surface area contributed by atoms with Crippen molar-refractivity contribution in [3.8, 4) is 5.88 Å². The van der Waals surface area contributed by atoms with Crippen LogP contribution in [0.5, 0.6) is 5.88 Å². The van der Waals surface area contributed by atoms with Crippen molar-refractivity contribution in [2.75, 3.05) is 51.3 Å². The van der Waals surface area contributed by atoms with Crippen LogP contribution in [0.1, 0.15) is 26.3 Å². The fourth-order valence-corrected chi connectivity index (χ4v) is 3.46. The number of rotatable bonds is 5. The van der Waals surface area contributed by atoms with Crippen molar-refractivity contribution >= 4 is 22.8 Å². The van der Waals surface area contributed by atoms with Gasteiger partial charge >= 0.3 is 6.09 Å². The van der Waals surface area contributed by atoms with Crippen LogP contribution in [0.4, 0.5) is 10.5 Å². The summed E-state index contributed by atoms with van der Waals surface area (Å²) >= 11 is 0. The number of pyridine rings is 2. The van der Waals surface area contributed by atoms with Gasteiger partial charge in [0, 0.05) is 51.5 Å². The van der Waals surface area contributed by atoms with Gasteiger partial charge < -0.3 is 19.7 Å². The minimum absolute atomic E-state index is 0.366. The third-order valence-corrected chi connectivity index (χ3v) is 4.84. The summed E-state index contributed by atoms with van der Waals surface area (Å²) in [6.07, 6.45) is 1.54. The highest BCUT2D eigenvalue weighted by Crippen LogP contribution is 2.30. The summed E-state index contributed by atoms with van der Waals surface area (Å²) < 4.78 is 10.6. The smallest absolute Gasteiger partial charge is 0.407 e. The molecule has 1 aliphatic heterocycles. The third-order valence-electron chi connectivity index (χ3n) is 4.84. The summed E-state index contributed by atoms with van der Waals surface area (Å²) in [5.74, 6) is 0.595. The molecule has 0 aliphatic carbocycles. The predicted molar refractivity (Wildman–Crippen MR) is 114 cm³/mol. The second-order valence-corrected chi connectivity index (χ2v) is 8.27. The van der Waals surface area contributed by atoms with Crippen LogP contribution in [-0.2, 0) is 4.74 Å². The van der Waals surface area contributed by atoms with E-state index in [4.69, 9.17) is 9.47 Å². The summed E-state index contributed by atoms with van der Waals surface area (Å²) in [5.41, 5.74) is 3.51. The maximum absolute atomic E-state index is 11.8. The molecule has 8 heteroatoms. The van der Waals surface area contributed by atoms with Crippen LogP contribution >= 0.6 is 0 Å². The van der Waals surface area contributed by atoms with Gasteiger partial charge in [-0.25, -0.2) is 9.78 Å². The van der Waals surface area contributed by atoms with E-state index in [1.165, 1.54) is 0 Å². The first-order valence-corrected chi connectivity index (χ1v) is 10.0. The van der Waals surface area contributed by atoms with Crippen LogP contribution < -0.4 is 15.0 Å². The molecule has 0 unspecified atom stereocenters. The molecule has 0 bridgehead atoms. The summed E-state index contributed by atoms with van der Waals surface area (Å²) in [6, 6.07) is 3.78. The van der Waals surface area contributed by atoms with Crippen molar-refractivity contribution < 1.29 is 14.3 Å². The van der Waals surface area contributed by atoms with Gasteiger partial charge in [0.05, 0.1) is 18.3 Å². The molecular weight excluding hydrogens is 370 g/mol. The van der Waals surface area contributed by atoms with E-state index in [9.17, 15) is 4.79 Å². The lowest BCUT2D eigenvalue weighted by molar-refractivity contribution is 0.0521. The Kier molecular flexibility index (Phi) is 6.42. The van der Waals surface area contributed by atoms with Crippen molar-refractivity contribution in [1.29, 1.82) is 0 Å². The number of alkyl carbamates (subject to hydrolysis) is 1. The van der Waals surface area contributed by atoms with Crippen LogP contribution in [0, 0.1) is 6.92 Å².